The van der Waals surface area contributed by atoms with Gasteiger partial charge in [-0.2, -0.15) is 0 Å². The highest BCUT2D eigenvalue weighted by atomic mass is 16.7. The highest BCUT2D eigenvalue weighted by Crippen LogP contribution is 2.66. The van der Waals surface area contributed by atoms with E-state index in [2.05, 4.69) is 57.2 Å². The normalized spacial score (nSPS) is 36.1. The van der Waals surface area contributed by atoms with Crippen molar-refractivity contribution in [3.05, 3.63) is 59.9 Å². The van der Waals surface area contributed by atoms with E-state index in [1.165, 1.54) is 37.7 Å². The summed E-state index contributed by atoms with van der Waals surface area (Å²) in [7, 11) is 0. The molecule has 4 aliphatic rings. The molecule has 1 aliphatic heterocycles. The van der Waals surface area contributed by atoms with Gasteiger partial charge in [0.15, 0.2) is 5.79 Å². The largest absolute Gasteiger partial charge is 0.497 e. The molecule has 1 aromatic rings. The molecule has 0 amide bonds. The van der Waals surface area contributed by atoms with E-state index in [1.807, 2.05) is 12.3 Å². The van der Waals surface area contributed by atoms with Crippen LogP contribution in [0.4, 0.5) is 0 Å². The van der Waals surface area contributed by atoms with E-state index in [1.54, 1.807) is 5.57 Å². The van der Waals surface area contributed by atoms with Crippen molar-refractivity contribution in [2.45, 2.75) is 71.7 Å². The third-order valence-electron chi connectivity index (χ3n) is 9.09. The molecule has 3 heteroatoms. The number of hydrogen-bond donors (Lipinski definition) is 0. The van der Waals surface area contributed by atoms with Crippen LogP contribution in [-0.2, 0) is 20.8 Å². The van der Waals surface area contributed by atoms with Crippen LogP contribution in [0.25, 0.3) is 0 Å². The van der Waals surface area contributed by atoms with E-state index >= 15 is 0 Å². The predicted octanol–water partition coefficient (Wildman–Crippen LogP) is 6.65. The summed E-state index contributed by atoms with van der Waals surface area (Å²) in [6.45, 7) is 9.53. The first-order valence-electron chi connectivity index (χ1n) is 12.3. The van der Waals surface area contributed by atoms with E-state index in [0.717, 1.165) is 19.6 Å². The van der Waals surface area contributed by atoms with E-state index in [4.69, 9.17) is 14.2 Å². The fraction of sp³-hybridized carbons (Fsp3) is 0.643. The molecular formula is C28H38O3. The van der Waals surface area contributed by atoms with E-state index < -0.39 is 0 Å². The second-order valence-corrected chi connectivity index (χ2v) is 10.9. The summed E-state index contributed by atoms with van der Waals surface area (Å²) in [4.78, 5) is 0. The number of hydrogen-bond acceptors (Lipinski definition) is 3. The van der Waals surface area contributed by atoms with Crippen molar-refractivity contribution in [1.29, 1.82) is 0 Å². The molecule has 1 saturated heterocycles. The van der Waals surface area contributed by atoms with E-state index in [0.29, 0.717) is 29.8 Å². The van der Waals surface area contributed by atoms with Crippen molar-refractivity contribution in [3.63, 3.8) is 0 Å². The summed E-state index contributed by atoms with van der Waals surface area (Å²) in [5.41, 5.74) is 3.33. The molecule has 31 heavy (non-hydrogen) atoms. The molecule has 1 aromatic carbocycles. The van der Waals surface area contributed by atoms with Crippen molar-refractivity contribution < 1.29 is 14.2 Å². The molecule has 1 spiro atoms. The summed E-state index contributed by atoms with van der Waals surface area (Å²) in [6.07, 6.45) is 14.0. The average Bonchev–Trinajstić information content (AvgIpc) is 3.26. The molecule has 3 fully saturated rings. The topological polar surface area (TPSA) is 27.7 Å². The van der Waals surface area contributed by atoms with Gasteiger partial charge in [-0.25, -0.2) is 0 Å². The molecule has 3 nitrogen and oxygen atoms in total. The van der Waals surface area contributed by atoms with Gasteiger partial charge in [0.1, 0.15) is 6.61 Å². The Balaban J connectivity index is 1.27. The minimum atomic E-state index is -0.353. The van der Waals surface area contributed by atoms with Gasteiger partial charge in [0.05, 0.1) is 19.5 Å². The Hall–Kier alpha value is -1.58. The fourth-order valence-electron chi connectivity index (χ4n) is 7.47. The van der Waals surface area contributed by atoms with Crippen molar-refractivity contribution >= 4 is 0 Å². The minimum absolute atomic E-state index is 0.0596. The molecule has 2 saturated carbocycles. The van der Waals surface area contributed by atoms with Gasteiger partial charge < -0.3 is 14.2 Å². The first kappa shape index (κ1) is 21.3. The van der Waals surface area contributed by atoms with Crippen molar-refractivity contribution in [1.82, 2.24) is 0 Å². The summed E-state index contributed by atoms with van der Waals surface area (Å²) in [5.74, 6) is 1.51. The molecule has 0 bridgehead atoms. The molecule has 0 radical (unpaired) electrons. The van der Waals surface area contributed by atoms with Crippen LogP contribution < -0.4 is 0 Å². The fourth-order valence-corrected chi connectivity index (χ4v) is 7.47. The van der Waals surface area contributed by atoms with Crippen molar-refractivity contribution in [3.8, 4) is 0 Å². The van der Waals surface area contributed by atoms with Crippen LogP contribution in [0.5, 0.6) is 0 Å². The molecule has 0 aromatic heterocycles. The lowest BCUT2D eigenvalue weighted by Crippen LogP contribution is -2.61. The van der Waals surface area contributed by atoms with Gasteiger partial charge in [0, 0.05) is 11.8 Å². The van der Waals surface area contributed by atoms with Gasteiger partial charge in [-0.15, -0.1) is 0 Å². The van der Waals surface area contributed by atoms with E-state index in [-0.39, 0.29) is 11.2 Å². The third-order valence-corrected chi connectivity index (χ3v) is 9.09. The van der Waals surface area contributed by atoms with Crippen LogP contribution in [0, 0.1) is 28.6 Å². The molecule has 4 atom stereocenters. The Kier molecular flexibility index (Phi) is 5.55. The number of fused-ring (bicyclic) bond motifs is 3. The summed E-state index contributed by atoms with van der Waals surface area (Å²) in [6, 6.07) is 10.4. The van der Waals surface area contributed by atoms with Gasteiger partial charge in [0.2, 0.25) is 0 Å². The Morgan fingerprint density at radius 3 is 2.55 bits per heavy atom. The van der Waals surface area contributed by atoms with Crippen LogP contribution in [0.2, 0.25) is 0 Å². The maximum absolute atomic E-state index is 6.27. The Morgan fingerprint density at radius 2 is 1.77 bits per heavy atom. The zero-order valence-electron chi connectivity index (χ0n) is 19.4. The maximum atomic E-state index is 6.27. The van der Waals surface area contributed by atoms with Crippen LogP contribution in [-0.4, -0.2) is 19.0 Å². The lowest BCUT2D eigenvalue weighted by Gasteiger charge is -2.63. The van der Waals surface area contributed by atoms with Gasteiger partial charge >= 0.3 is 0 Å². The Bertz CT molecular complexity index is 833. The molecular weight excluding hydrogens is 384 g/mol. The average molecular weight is 423 g/mol. The zero-order chi connectivity index (χ0) is 21.5. The smallest absolute Gasteiger partial charge is 0.173 e. The lowest BCUT2D eigenvalue weighted by molar-refractivity contribution is -0.291. The first-order chi connectivity index (χ1) is 14.9. The van der Waals surface area contributed by atoms with Crippen LogP contribution in [0.15, 0.2) is 54.3 Å². The summed E-state index contributed by atoms with van der Waals surface area (Å²) >= 11 is 0. The number of benzene rings is 1. The van der Waals surface area contributed by atoms with Gasteiger partial charge in [-0.05, 0) is 66.9 Å². The van der Waals surface area contributed by atoms with Crippen molar-refractivity contribution in [2.24, 2.45) is 28.6 Å². The number of ether oxygens (including phenoxy) is 3. The molecule has 0 N–H and O–H groups in total. The monoisotopic (exact) mass is 422 g/mol. The number of rotatable bonds is 4. The standard InChI is InChI=1S/C28H38O3/c1-26(2)25-12-10-23-19-21(13-16-29-20-22-7-5-4-6-8-22)9-11-24(23)27(25,3)14-15-28(26)30-17-18-31-28/h4-8,13,16,19,21,24-25H,9-12,14-15,17-18,20H2,1-3H3/b16-13+/t21-,24-,25+,27-/m0/s1. The first-order valence-corrected chi connectivity index (χ1v) is 12.3. The Morgan fingerprint density at radius 1 is 1.00 bits per heavy atom. The van der Waals surface area contributed by atoms with Crippen LogP contribution >= 0.6 is 0 Å². The highest BCUT2D eigenvalue weighted by molar-refractivity contribution is 5.25. The van der Waals surface area contributed by atoms with E-state index in [9.17, 15) is 0 Å². The summed E-state index contributed by atoms with van der Waals surface area (Å²) in [5, 5.41) is 0. The minimum Gasteiger partial charge on any atom is -0.497 e. The quantitative estimate of drug-likeness (QED) is 0.402. The van der Waals surface area contributed by atoms with Gasteiger partial charge in [-0.3, -0.25) is 0 Å². The number of allylic oxidation sites excluding steroid dienone is 3. The molecule has 1 heterocycles. The van der Waals surface area contributed by atoms with Gasteiger partial charge in [0.25, 0.3) is 0 Å². The zero-order valence-corrected chi connectivity index (χ0v) is 19.4. The molecule has 0 unspecified atom stereocenters. The van der Waals surface area contributed by atoms with Crippen LogP contribution in [0.1, 0.15) is 64.9 Å². The second kappa shape index (κ2) is 8.08. The van der Waals surface area contributed by atoms with Crippen LogP contribution in [0.3, 0.4) is 0 Å². The molecule has 5 rings (SSSR count). The third kappa shape index (κ3) is 3.58. The highest BCUT2D eigenvalue weighted by Gasteiger charge is 2.64. The summed E-state index contributed by atoms with van der Waals surface area (Å²) < 4.78 is 18.3. The lowest BCUT2D eigenvalue weighted by atomic mass is 9.44. The molecule has 168 valence electrons. The maximum Gasteiger partial charge on any atom is 0.173 e. The second-order valence-electron chi connectivity index (χ2n) is 10.9. The van der Waals surface area contributed by atoms with Crippen molar-refractivity contribution in [2.75, 3.05) is 13.2 Å². The Labute approximate surface area is 187 Å². The SMILES string of the molecule is CC1(C)[C@H]2CCC3=C[C@H](/C=C/OCc4ccccc4)CC[C@@H]3[C@]2(C)CCC12OCCO2. The predicted molar refractivity (Wildman–Crippen MR) is 123 cm³/mol. The van der Waals surface area contributed by atoms with Gasteiger partial charge in [-0.1, -0.05) is 62.8 Å². The molecule has 3 aliphatic carbocycles.